The van der Waals surface area contributed by atoms with Crippen LogP contribution in [0.3, 0.4) is 0 Å². The predicted molar refractivity (Wildman–Crippen MR) is 47.9 cm³/mol. The summed E-state index contributed by atoms with van der Waals surface area (Å²) < 4.78 is 7.56. The Kier molecular flexibility index (Phi) is 2.87. The molecular weight excluding hydrogens is 152 g/mol. The van der Waals surface area contributed by atoms with Crippen molar-refractivity contribution in [3.05, 3.63) is 18.7 Å². The van der Waals surface area contributed by atoms with E-state index in [-0.39, 0.29) is 5.60 Å². The normalized spacial score (nSPS) is 11.9. The first-order valence-electron chi connectivity index (χ1n) is 4.18. The first-order chi connectivity index (χ1) is 5.58. The topological polar surface area (TPSA) is 27.1 Å². The van der Waals surface area contributed by atoms with Gasteiger partial charge in [-0.15, -0.1) is 0 Å². The molecule has 0 spiro atoms. The van der Waals surface area contributed by atoms with Gasteiger partial charge in [-0.3, -0.25) is 0 Å². The Morgan fingerprint density at radius 2 is 2.17 bits per heavy atom. The summed E-state index contributed by atoms with van der Waals surface area (Å²) in [7, 11) is 0. The molecule has 0 atom stereocenters. The van der Waals surface area contributed by atoms with Crippen LogP contribution in [-0.4, -0.2) is 21.8 Å². The first kappa shape index (κ1) is 9.26. The van der Waals surface area contributed by atoms with Crippen LogP contribution in [0.4, 0.5) is 0 Å². The lowest BCUT2D eigenvalue weighted by Gasteiger charge is -2.19. The van der Waals surface area contributed by atoms with Gasteiger partial charge < -0.3 is 9.30 Å². The highest BCUT2D eigenvalue weighted by Crippen LogP contribution is 2.06. The Morgan fingerprint density at radius 3 is 2.67 bits per heavy atom. The number of imidazole rings is 1. The van der Waals surface area contributed by atoms with Crippen LogP contribution in [0.2, 0.25) is 0 Å². The van der Waals surface area contributed by atoms with Crippen LogP contribution in [0.1, 0.15) is 20.8 Å². The molecule has 0 fully saturated rings. The van der Waals surface area contributed by atoms with Crippen LogP contribution in [0.5, 0.6) is 0 Å². The Hall–Kier alpha value is -0.830. The van der Waals surface area contributed by atoms with Crippen molar-refractivity contribution in [1.82, 2.24) is 9.55 Å². The summed E-state index contributed by atoms with van der Waals surface area (Å²) >= 11 is 0. The van der Waals surface area contributed by atoms with Gasteiger partial charge in [0.05, 0.1) is 18.5 Å². The fourth-order valence-corrected chi connectivity index (χ4v) is 0.876. The number of nitrogens with zero attached hydrogens (tertiary/aromatic N) is 2. The summed E-state index contributed by atoms with van der Waals surface area (Å²) in [6, 6.07) is 0. The largest absolute Gasteiger partial charge is 0.374 e. The summed E-state index contributed by atoms with van der Waals surface area (Å²) in [6.45, 7) is 7.78. The van der Waals surface area contributed by atoms with Gasteiger partial charge in [0.2, 0.25) is 0 Å². The molecule has 0 N–H and O–H groups in total. The minimum atomic E-state index is -0.0411. The van der Waals surface area contributed by atoms with Crippen molar-refractivity contribution in [1.29, 1.82) is 0 Å². The Labute approximate surface area is 73.4 Å². The maximum Gasteiger partial charge on any atom is 0.0946 e. The van der Waals surface area contributed by atoms with Gasteiger partial charge in [-0.1, -0.05) is 0 Å². The summed E-state index contributed by atoms with van der Waals surface area (Å²) in [5.41, 5.74) is -0.0411. The molecule has 0 saturated carbocycles. The second-order valence-electron chi connectivity index (χ2n) is 3.76. The highest BCUT2D eigenvalue weighted by atomic mass is 16.5. The fraction of sp³-hybridized carbons (Fsp3) is 0.667. The van der Waals surface area contributed by atoms with Crippen molar-refractivity contribution in [2.24, 2.45) is 0 Å². The zero-order valence-electron chi connectivity index (χ0n) is 7.95. The molecule has 0 amide bonds. The predicted octanol–water partition coefficient (Wildman–Crippen LogP) is 1.70. The highest BCUT2D eigenvalue weighted by molar-refractivity contribution is 4.73. The molecular formula is C9H16N2O. The molecule has 0 unspecified atom stereocenters. The number of ether oxygens (including phenoxy) is 1. The quantitative estimate of drug-likeness (QED) is 0.686. The Bertz CT molecular complexity index is 211. The maximum absolute atomic E-state index is 5.55. The molecule has 12 heavy (non-hydrogen) atoms. The van der Waals surface area contributed by atoms with Crippen molar-refractivity contribution >= 4 is 0 Å². The van der Waals surface area contributed by atoms with E-state index in [4.69, 9.17) is 4.74 Å². The Balaban J connectivity index is 2.20. The minimum absolute atomic E-state index is 0.0411. The number of rotatable bonds is 3. The molecule has 1 rings (SSSR count). The summed E-state index contributed by atoms with van der Waals surface area (Å²) in [6.07, 6.45) is 5.51. The fourth-order valence-electron chi connectivity index (χ4n) is 0.876. The molecule has 1 heterocycles. The summed E-state index contributed by atoms with van der Waals surface area (Å²) in [5, 5.41) is 0. The molecule has 0 aromatic carbocycles. The van der Waals surface area contributed by atoms with E-state index in [0.717, 1.165) is 13.2 Å². The van der Waals surface area contributed by atoms with Crippen LogP contribution < -0.4 is 0 Å². The van der Waals surface area contributed by atoms with E-state index in [9.17, 15) is 0 Å². The third-order valence-corrected chi connectivity index (χ3v) is 1.44. The van der Waals surface area contributed by atoms with Gasteiger partial charge in [-0.05, 0) is 20.8 Å². The molecule has 3 heteroatoms. The minimum Gasteiger partial charge on any atom is -0.374 e. The molecule has 68 valence electrons. The van der Waals surface area contributed by atoms with Gasteiger partial charge in [0.1, 0.15) is 0 Å². The van der Waals surface area contributed by atoms with E-state index >= 15 is 0 Å². The van der Waals surface area contributed by atoms with Crippen LogP contribution in [-0.2, 0) is 11.3 Å². The van der Waals surface area contributed by atoms with E-state index in [1.165, 1.54) is 0 Å². The molecule has 0 radical (unpaired) electrons. The molecule has 0 aliphatic heterocycles. The molecule has 1 aromatic rings. The van der Waals surface area contributed by atoms with Crippen molar-refractivity contribution in [2.75, 3.05) is 6.61 Å². The highest BCUT2D eigenvalue weighted by Gasteiger charge is 2.08. The SMILES string of the molecule is CC(C)(C)OCCn1ccnc1. The first-order valence-corrected chi connectivity index (χ1v) is 4.18. The molecule has 1 aromatic heterocycles. The standard InChI is InChI=1S/C9H16N2O/c1-9(2,3)12-7-6-11-5-4-10-8-11/h4-5,8H,6-7H2,1-3H3. The average molecular weight is 168 g/mol. The molecule has 0 bridgehead atoms. The lowest BCUT2D eigenvalue weighted by molar-refractivity contribution is -0.00683. The maximum atomic E-state index is 5.55. The van der Waals surface area contributed by atoms with Gasteiger partial charge in [0, 0.05) is 18.9 Å². The van der Waals surface area contributed by atoms with Gasteiger partial charge in [0.25, 0.3) is 0 Å². The average Bonchev–Trinajstić information content (AvgIpc) is 2.36. The zero-order valence-corrected chi connectivity index (χ0v) is 7.95. The van der Waals surface area contributed by atoms with Crippen molar-refractivity contribution in [3.8, 4) is 0 Å². The zero-order chi connectivity index (χ0) is 9.03. The Morgan fingerprint density at radius 1 is 1.42 bits per heavy atom. The van der Waals surface area contributed by atoms with Crippen molar-refractivity contribution in [3.63, 3.8) is 0 Å². The van der Waals surface area contributed by atoms with Crippen molar-refractivity contribution < 1.29 is 4.74 Å². The lowest BCUT2D eigenvalue weighted by Crippen LogP contribution is -2.21. The monoisotopic (exact) mass is 168 g/mol. The number of hydrogen-bond donors (Lipinski definition) is 0. The van der Waals surface area contributed by atoms with E-state index in [0.29, 0.717) is 0 Å². The van der Waals surface area contributed by atoms with E-state index in [2.05, 4.69) is 25.8 Å². The second-order valence-corrected chi connectivity index (χ2v) is 3.76. The van der Waals surface area contributed by atoms with Gasteiger partial charge in [0.15, 0.2) is 0 Å². The van der Waals surface area contributed by atoms with Crippen LogP contribution >= 0.6 is 0 Å². The third kappa shape index (κ3) is 3.53. The number of aromatic nitrogens is 2. The van der Waals surface area contributed by atoms with Gasteiger partial charge >= 0.3 is 0 Å². The molecule has 3 nitrogen and oxygen atoms in total. The lowest BCUT2D eigenvalue weighted by atomic mass is 10.2. The summed E-state index contributed by atoms with van der Waals surface area (Å²) in [4.78, 5) is 3.94. The number of hydrogen-bond acceptors (Lipinski definition) is 2. The molecule has 0 aliphatic rings. The smallest absolute Gasteiger partial charge is 0.0946 e. The van der Waals surface area contributed by atoms with E-state index < -0.39 is 0 Å². The summed E-state index contributed by atoms with van der Waals surface area (Å²) in [5.74, 6) is 0. The van der Waals surface area contributed by atoms with Crippen LogP contribution in [0.25, 0.3) is 0 Å². The van der Waals surface area contributed by atoms with Crippen LogP contribution in [0.15, 0.2) is 18.7 Å². The third-order valence-electron chi connectivity index (χ3n) is 1.44. The molecule has 0 saturated heterocycles. The van der Waals surface area contributed by atoms with E-state index in [1.807, 2.05) is 10.8 Å². The van der Waals surface area contributed by atoms with Crippen LogP contribution in [0, 0.1) is 0 Å². The van der Waals surface area contributed by atoms with E-state index in [1.54, 1.807) is 12.5 Å². The van der Waals surface area contributed by atoms with Gasteiger partial charge in [-0.25, -0.2) is 4.98 Å². The van der Waals surface area contributed by atoms with Crippen molar-refractivity contribution in [2.45, 2.75) is 32.9 Å². The molecule has 0 aliphatic carbocycles. The second kappa shape index (κ2) is 3.72. The van der Waals surface area contributed by atoms with Gasteiger partial charge in [-0.2, -0.15) is 0 Å².